The fourth-order valence-corrected chi connectivity index (χ4v) is 3.01. The van der Waals surface area contributed by atoms with Gasteiger partial charge in [-0.15, -0.1) is 0 Å². The highest BCUT2D eigenvalue weighted by molar-refractivity contribution is 5.01. The van der Waals surface area contributed by atoms with Gasteiger partial charge >= 0.3 is 0 Å². The van der Waals surface area contributed by atoms with Gasteiger partial charge in [0.15, 0.2) is 0 Å². The standard InChI is InChI=1S/C11H22N2/c1-2-13(10-5-6-10)11(9-12)7-3-4-8-11/h10H,2-9,12H2,1H3. The minimum atomic E-state index is 0.399. The van der Waals surface area contributed by atoms with Crippen LogP contribution in [0.2, 0.25) is 0 Å². The molecule has 0 aromatic carbocycles. The molecule has 76 valence electrons. The van der Waals surface area contributed by atoms with E-state index in [-0.39, 0.29) is 0 Å². The van der Waals surface area contributed by atoms with Crippen molar-refractivity contribution in [2.24, 2.45) is 5.73 Å². The Kier molecular flexibility index (Phi) is 2.61. The summed E-state index contributed by atoms with van der Waals surface area (Å²) in [6, 6.07) is 0.881. The van der Waals surface area contributed by atoms with E-state index in [1.807, 2.05) is 0 Å². The summed E-state index contributed by atoms with van der Waals surface area (Å²) in [5.74, 6) is 0. The molecule has 0 aliphatic heterocycles. The predicted octanol–water partition coefficient (Wildman–Crippen LogP) is 1.74. The largest absolute Gasteiger partial charge is 0.329 e. The molecule has 2 aliphatic rings. The van der Waals surface area contributed by atoms with Gasteiger partial charge < -0.3 is 5.73 Å². The van der Waals surface area contributed by atoms with Gasteiger partial charge in [-0.3, -0.25) is 4.90 Å². The van der Waals surface area contributed by atoms with Crippen LogP contribution in [-0.4, -0.2) is 29.6 Å². The molecule has 2 rings (SSSR count). The molecule has 0 bridgehead atoms. The second-order valence-corrected chi connectivity index (χ2v) is 4.65. The van der Waals surface area contributed by atoms with Gasteiger partial charge in [-0.2, -0.15) is 0 Å². The maximum Gasteiger partial charge on any atom is 0.0334 e. The van der Waals surface area contributed by atoms with Crippen molar-refractivity contribution in [2.45, 2.75) is 57.0 Å². The van der Waals surface area contributed by atoms with Gasteiger partial charge in [0.05, 0.1) is 0 Å². The van der Waals surface area contributed by atoms with Crippen LogP contribution in [0.3, 0.4) is 0 Å². The van der Waals surface area contributed by atoms with Crippen molar-refractivity contribution in [2.75, 3.05) is 13.1 Å². The summed E-state index contributed by atoms with van der Waals surface area (Å²) in [6.07, 6.45) is 8.29. The zero-order valence-electron chi connectivity index (χ0n) is 8.76. The molecule has 2 saturated carbocycles. The molecule has 0 aromatic heterocycles. The van der Waals surface area contributed by atoms with Crippen molar-refractivity contribution < 1.29 is 0 Å². The van der Waals surface area contributed by atoms with Crippen LogP contribution >= 0.6 is 0 Å². The van der Waals surface area contributed by atoms with Crippen LogP contribution in [0.4, 0.5) is 0 Å². The topological polar surface area (TPSA) is 29.3 Å². The van der Waals surface area contributed by atoms with Crippen molar-refractivity contribution in [1.29, 1.82) is 0 Å². The summed E-state index contributed by atoms with van der Waals surface area (Å²) in [5.41, 5.74) is 6.37. The van der Waals surface area contributed by atoms with Crippen LogP contribution < -0.4 is 5.73 Å². The Hall–Kier alpha value is -0.0800. The van der Waals surface area contributed by atoms with E-state index in [0.717, 1.165) is 12.6 Å². The quantitative estimate of drug-likeness (QED) is 0.717. The summed E-state index contributed by atoms with van der Waals surface area (Å²) in [7, 11) is 0. The smallest absolute Gasteiger partial charge is 0.0334 e. The molecule has 0 saturated heterocycles. The van der Waals surface area contributed by atoms with Gasteiger partial charge in [0, 0.05) is 18.1 Å². The van der Waals surface area contributed by atoms with Crippen LogP contribution in [0.25, 0.3) is 0 Å². The van der Waals surface area contributed by atoms with E-state index in [1.165, 1.54) is 45.1 Å². The number of nitrogens with zero attached hydrogens (tertiary/aromatic N) is 1. The first-order chi connectivity index (χ1) is 6.32. The van der Waals surface area contributed by atoms with Crippen LogP contribution in [-0.2, 0) is 0 Å². The first kappa shape index (κ1) is 9.47. The Labute approximate surface area is 81.5 Å². The number of rotatable bonds is 4. The summed E-state index contributed by atoms with van der Waals surface area (Å²) in [5, 5.41) is 0. The highest BCUT2D eigenvalue weighted by Gasteiger charge is 2.43. The minimum absolute atomic E-state index is 0.399. The molecule has 0 heterocycles. The second kappa shape index (κ2) is 3.58. The maximum absolute atomic E-state index is 5.97. The summed E-state index contributed by atoms with van der Waals surface area (Å²) in [6.45, 7) is 4.35. The number of nitrogens with two attached hydrogens (primary N) is 1. The van der Waals surface area contributed by atoms with Crippen LogP contribution in [0, 0.1) is 0 Å². The van der Waals surface area contributed by atoms with Crippen LogP contribution in [0.1, 0.15) is 45.4 Å². The zero-order valence-corrected chi connectivity index (χ0v) is 8.76. The lowest BCUT2D eigenvalue weighted by molar-refractivity contribution is 0.0965. The van der Waals surface area contributed by atoms with Gasteiger partial charge in [-0.05, 0) is 32.2 Å². The van der Waals surface area contributed by atoms with E-state index in [0.29, 0.717) is 5.54 Å². The van der Waals surface area contributed by atoms with Crippen molar-refractivity contribution in [3.05, 3.63) is 0 Å². The first-order valence-corrected chi connectivity index (χ1v) is 5.79. The first-order valence-electron chi connectivity index (χ1n) is 5.79. The fraction of sp³-hybridized carbons (Fsp3) is 1.00. The van der Waals surface area contributed by atoms with Gasteiger partial charge in [-0.1, -0.05) is 19.8 Å². The average molecular weight is 182 g/mol. The molecule has 2 nitrogen and oxygen atoms in total. The summed E-state index contributed by atoms with van der Waals surface area (Å²) >= 11 is 0. The molecule has 0 radical (unpaired) electrons. The highest BCUT2D eigenvalue weighted by Crippen LogP contribution is 2.40. The van der Waals surface area contributed by atoms with E-state index >= 15 is 0 Å². The maximum atomic E-state index is 5.97. The molecule has 0 aromatic rings. The van der Waals surface area contributed by atoms with Crippen molar-refractivity contribution in [3.63, 3.8) is 0 Å². The molecular formula is C11H22N2. The van der Waals surface area contributed by atoms with Crippen LogP contribution in [0.15, 0.2) is 0 Å². The minimum Gasteiger partial charge on any atom is -0.329 e. The Bertz CT molecular complexity index is 169. The monoisotopic (exact) mass is 182 g/mol. The average Bonchev–Trinajstić information content (AvgIpc) is 2.85. The van der Waals surface area contributed by atoms with Crippen molar-refractivity contribution in [1.82, 2.24) is 4.90 Å². The Morgan fingerprint density at radius 2 is 1.92 bits per heavy atom. The lowest BCUT2D eigenvalue weighted by atomic mass is 9.95. The van der Waals surface area contributed by atoms with Gasteiger partial charge in [0.25, 0.3) is 0 Å². The lowest BCUT2D eigenvalue weighted by Gasteiger charge is -2.40. The van der Waals surface area contributed by atoms with E-state index in [2.05, 4.69) is 11.8 Å². The third-order valence-corrected chi connectivity index (χ3v) is 3.85. The third-order valence-electron chi connectivity index (χ3n) is 3.85. The lowest BCUT2D eigenvalue weighted by Crippen LogP contribution is -2.52. The third kappa shape index (κ3) is 1.62. The van der Waals surface area contributed by atoms with Crippen LogP contribution in [0.5, 0.6) is 0 Å². The van der Waals surface area contributed by atoms with E-state index in [4.69, 9.17) is 5.73 Å². The SMILES string of the molecule is CCN(C1CC1)C1(CN)CCCC1. The van der Waals surface area contributed by atoms with E-state index in [1.54, 1.807) is 0 Å². The normalized spacial score (nSPS) is 27.0. The van der Waals surface area contributed by atoms with E-state index < -0.39 is 0 Å². The fourth-order valence-electron chi connectivity index (χ4n) is 3.01. The molecular weight excluding hydrogens is 160 g/mol. The van der Waals surface area contributed by atoms with Gasteiger partial charge in [0.1, 0.15) is 0 Å². The molecule has 0 atom stereocenters. The Balaban J connectivity index is 2.07. The number of hydrogen-bond acceptors (Lipinski definition) is 2. The number of hydrogen-bond donors (Lipinski definition) is 1. The summed E-state index contributed by atoms with van der Waals surface area (Å²) < 4.78 is 0. The molecule has 2 heteroatoms. The van der Waals surface area contributed by atoms with Crippen molar-refractivity contribution >= 4 is 0 Å². The number of likely N-dealkylation sites (N-methyl/N-ethyl adjacent to an activating group) is 1. The molecule has 13 heavy (non-hydrogen) atoms. The highest BCUT2D eigenvalue weighted by atomic mass is 15.3. The molecule has 2 fully saturated rings. The molecule has 0 amide bonds. The second-order valence-electron chi connectivity index (χ2n) is 4.65. The molecule has 0 unspecified atom stereocenters. The Morgan fingerprint density at radius 3 is 2.31 bits per heavy atom. The van der Waals surface area contributed by atoms with Gasteiger partial charge in [0.2, 0.25) is 0 Å². The summed E-state index contributed by atoms with van der Waals surface area (Å²) in [4.78, 5) is 2.69. The predicted molar refractivity (Wildman–Crippen MR) is 55.7 cm³/mol. The van der Waals surface area contributed by atoms with E-state index in [9.17, 15) is 0 Å². The molecule has 2 N–H and O–H groups in total. The molecule has 2 aliphatic carbocycles. The zero-order chi connectivity index (χ0) is 9.31. The van der Waals surface area contributed by atoms with Crippen molar-refractivity contribution in [3.8, 4) is 0 Å². The Morgan fingerprint density at radius 1 is 1.31 bits per heavy atom. The molecule has 0 spiro atoms. The van der Waals surface area contributed by atoms with Gasteiger partial charge in [-0.25, -0.2) is 0 Å².